The van der Waals surface area contributed by atoms with Crippen LogP contribution in [0.5, 0.6) is 11.5 Å². The van der Waals surface area contributed by atoms with Gasteiger partial charge in [0.1, 0.15) is 23.7 Å². The predicted molar refractivity (Wildman–Crippen MR) is 166 cm³/mol. The molecular formula is C36H46O6. The molecule has 3 aromatic carbocycles. The molecule has 2 aliphatic rings. The van der Waals surface area contributed by atoms with Gasteiger partial charge < -0.3 is 18.9 Å². The summed E-state index contributed by atoms with van der Waals surface area (Å²) in [5, 5.41) is 3.61. The molecule has 2 unspecified atom stereocenters. The molecule has 0 amide bonds. The number of benzene rings is 3. The van der Waals surface area contributed by atoms with Crippen molar-refractivity contribution in [2.24, 2.45) is 11.8 Å². The Balaban J connectivity index is 1.25. The van der Waals surface area contributed by atoms with Crippen LogP contribution in [0.25, 0.3) is 21.5 Å². The summed E-state index contributed by atoms with van der Waals surface area (Å²) in [4.78, 5) is 25.2. The third-order valence-electron chi connectivity index (χ3n) is 8.91. The maximum Gasteiger partial charge on any atom is 0.309 e. The lowest BCUT2D eigenvalue weighted by Gasteiger charge is -2.22. The SMILES string of the molecule is CC(CC(=O)OCCC1CCCC1)Oc1c2ccccc2c(OC(C)CC(=O)OCCC2CCCC2)c2ccccc12. The Bertz CT molecular complexity index is 1180. The topological polar surface area (TPSA) is 71.1 Å². The molecule has 3 aromatic rings. The van der Waals surface area contributed by atoms with Crippen molar-refractivity contribution in [3.63, 3.8) is 0 Å². The van der Waals surface area contributed by atoms with Gasteiger partial charge in [0.05, 0.1) is 26.1 Å². The zero-order valence-corrected chi connectivity index (χ0v) is 25.3. The van der Waals surface area contributed by atoms with E-state index in [1.165, 1.54) is 51.4 Å². The molecule has 42 heavy (non-hydrogen) atoms. The molecule has 0 aromatic heterocycles. The van der Waals surface area contributed by atoms with E-state index in [9.17, 15) is 9.59 Å². The van der Waals surface area contributed by atoms with E-state index in [1.54, 1.807) is 0 Å². The first-order chi connectivity index (χ1) is 20.5. The molecule has 226 valence electrons. The van der Waals surface area contributed by atoms with Gasteiger partial charge in [0.15, 0.2) is 0 Å². The van der Waals surface area contributed by atoms with Crippen molar-refractivity contribution in [1.82, 2.24) is 0 Å². The Morgan fingerprint density at radius 3 is 1.29 bits per heavy atom. The highest BCUT2D eigenvalue weighted by atomic mass is 16.5. The standard InChI is InChI=1S/C36H46O6/c1-25(23-33(37)39-21-19-27-11-3-4-12-27)41-35-29-15-7-9-17-31(29)36(32-18-10-8-16-30(32)35)42-26(2)24-34(38)40-22-20-28-13-5-6-14-28/h7-10,15-18,25-28H,3-6,11-14,19-24H2,1-2H3. The molecule has 0 heterocycles. The van der Waals surface area contributed by atoms with Gasteiger partial charge >= 0.3 is 11.9 Å². The molecule has 6 heteroatoms. The first kappa shape index (κ1) is 30.2. The smallest absolute Gasteiger partial charge is 0.309 e. The van der Waals surface area contributed by atoms with Crippen LogP contribution in [0.4, 0.5) is 0 Å². The second-order valence-corrected chi connectivity index (χ2v) is 12.3. The number of carbonyl (C=O) groups is 2. The van der Waals surface area contributed by atoms with Crippen molar-refractivity contribution in [2.75, 3.05) is 13.2 Å². The van der Waals surface area contributed by atoms with Crippen LogP contribution >= 0.6 is 0 Å². The number of fused-ring (bicyclic) bond motifs is 2. The van der Waals surface area contributed by atoms with Crippen molar-refractivity contribution in [2.45, 2.75) is 103 Å². The van der Waals surface area contributed by atoms with Crippen LogP contribution in [0.1, 0.15) is 90.9 Å². The molecule has 0 aliphatic heterocycles. The molecule has 0 N–H and O–H groups in total. The summed E-state index contributed by atoms with van der Waals surface area (Å²) in [6.07, 6.45) is 11.7. The van der Waals surface area contributed by atoms with Crippen LogP contribution in [0, 0.1) is 11.8 Å². The van der Waals surface area contributed by atoms with Crippen LogP contribution < -0.4 is 9.47 Å². The Kier molecular flexibility index (Phi) is 10.6. The van der Waals surface area contributed by atoms with Crippen LogP contribution in [0.2, 0.25) is 0 Å². The van der Waals surface area contributed by atoms with Crippen molar-refractivity contribution in [3.05, 3.63) is 48.5 Å². The maximum atomic E-state index is 12.6. The van der Waals surface area contributed by atoms with Gasteiger partial charge in [-0.05, 0) is 38.5 Å². The van der Waals surface area contributed by atoms with E-state index in [-0.39, 0.29) is 37.0 Å². The maximum absolute atomic E-state index is 12.6. The summed E-state index contributed by atoms with van der Waals surface area (Å²) < 4.78 is 24.1. The minimum absolute atomic E-state index is 0.186. The van der Waals surface area contributed by atoms with Crippen LogP contribution in [-0.2, 0) is 19.1 Å². The number of hydrogen-bond donors (Lipinski definition) is 0. The van der Waals surface area contributed by atoms with E-state index in [0.29, 0.717) is 25.0 Å². The van der Waals surface area contributed by atoms with Crippen LogP contribution in [-0.4, -0.2) is 37.4 Å². The highest BCUT2D eigenvalue weighted by Gasteiger charge is 2.22. The number of carbonyl (C=O) groups excluding carboxylic acids is 2. The molecule has 2 atom stereocenters. The zero-order chi connectivity index (χ0) is 29.3. The molecule has 6 nitrogen and oxygen atoms in total. The molecular weight excluding hydrogens is 528 g/mol. The summed E-state index contributed by atoms with van der Waals surface area (Å²) in [6, 6.07) is 15.9. The second kappa shape index (κ2) is 14.8. The molecule has 0 saturated heterocycles. The molecule has 0 bridgehead atoms. The fourth-order valence-electron chi connectivity index (χ4n) is 6.65. The highest BCUT2D eigenvalue weighted by Crippen LogP contribution is 2.43. The third kappa shape index (κ3) is 7.96. The largest absolute Gasteiger partial charge is 0.489 e. The normalized spacial score (nSPS) is 17.4. The third-order valence-corrected chi connectivity index (χ3v) is 8.91. The van der Waals surface area contributed by atoms with Crippen LogP contribution in [0.3, 0.4) is 0 Å². The van der Waals surface area contributed by atoms with E-state index in [4.69, 9.17) is 18.9 Å². The van der Waals surface area contributed by atoms with E-state index < -0.39 is 0 Å². The summed E-state index contributed by atoms with van der Waals surface area (Å²) >= 11 is 0. The first-order valence-corrected chi connectivity index (χ1v) is 16.1. The van der Waals surface area contributed by atoms with Crippen molar-refractivity contribution in [3.8, 4) is 11.5 Å². The molecule has 2 saturated carbocycles. The van der Waals surface area contributed by atoms with Gasteiger partial charge in [0.2, 0.25) is 0 Å². The number of ether oxygens (including phenoxy) is 4. The Morgan fingerprint density at radius 2 is 0.952 bits per heavy atom. The van der Waals surface area contributed by atoms with Gasteiger partial charge in [0.25, 0.3) is 0 Å². The Hall–Kier alpha value is -3.28. The molecule has 0 spiro atoms. The highest BCUT2D eigenvalue weighted by molar-refractivity contribution is 6.11. The Morgan fingerprint density at radius 1 is 0.619 bits per heavy atom. The lowest BCUT2D eigenvalue weighted by atomic mass is 10.00. The van der Waals surface area contributed by atoms with Gasteiger partial charge in [-0.15, -0.1) is 0 Å². The fraction of sp³-hybridized carbons (Fsp3) is 0.556. The average molecular weight is 575 g/mol. The van der Waals surface area contributed by atoms with E-state index in [1.807, 2.05) is 62.4 Å². The van der Waals surface area contributed by atoms with Gasteiger partial charge in [-0.25, -0.2) is 0 Å². The summed E-state index contributed by atoms with van der Waals surface area (Å²) in [6.45, 7) is 4.79. The van der Waals surface area contributed by atoms with Crippen LogP contribution in [0.15, 0.2) is 48.5 Å². The van der Waals surface area contributed by atoms with Crippen molar-refractivity contribution in [1.29, 1.82) is 0 Å². The molecule has 5 rings (SSSR count). The second-order valence-electron chi connectivity index (χ2n) is 12.3. The number of esters is 2. The average Bonchev–Trinajstić information content (AvgIpc) is 3.69. The summed E-state index contributed by atoms with van der Waals surface area (Å²) in [5.41, 5.74) is 0. The Labute approximate surface area is 250 Å². The fourth-order valence-corrected chi connectivity index (χ4v) is 6.65. The lowest BCUT2D eigenvalue weighted by molar-refractivity contribution is -0.146. The monoisotopic (exact) mass is 574 g/mol. The minimum atomic E-state index is -0.361. The molecule has 2 aliphatic carbocycles. The minimum Gasteiger partial charge on any atom is -0.489 e. The summed E-state index contributed by atoms with van der Waals surface area (Å²) in [7, 11) is 0. The van der Waals surface area contributed by atoms with E-state index in [0.717, 1.165) is 45.9 Å². The lowest BCUT2D eigenvalue weighted by Crippen LogP contribution is -2.21. The van der Waals surface area contributed by atoms with Gasteiger partial charge in [-0.1, -0.05) is 99.9 Å². The van der Waals surface area contributed by atoms with Crippen molar-refractivity contribution < 1.29 is 28.5 Å². The predicted octanol–water partition coefficient (Wildman–Crippen LogP) is 8.55. The number of hydrogen-bond acceptors (Lipinski definition) is 6. The first-order valence-electron chi connectivity index (χ1n) is 16.1. The van der Waals surface area contributed by atoms with E-state index >= 15 is 0 Å². The summed E-state index contributed by atoms with van der Waals surface area (Å²) in [5.74, 6) is 2.38. The zero-order valence-electron chi connectivity index (χ0n) is 25.3. The molecule has 0 radical (unpaired) electrons. The number of rotatable bonds is 14. The molecule has 2 fully saturated rings. The quantitative estimate of drug-likeness (QED) is 0.142. The van der Waals surface area contributed by atoms with Crippen molar-refractivity contribution >= 4 is 33.5 Å². The van der Waals surface area contributed by atoms with E-state index in [2.05, 4.69) is 0 Å². The van der Waals surface area contributed by atoms with Gasteiger partial charge in [-0.3, -0.25) is 9.59 Å². The van der Waals surface area contributed by atoms with Gasteiger partial charge in [0, 0.05) is 21.5 Å². The van der Waals surface area contributed by atoms with Gasteiger partial charge in [-0.2, -0.15) is 0 Å².